The number of fused-ring (bicyclic) bond motifs is 1. The summed E-state index contributed by atoms with van der Waals surface area (Å²) in [6.45, 7) is 14.0. The van der Waals surface area contributed by atoms with Crippen LogP contribution >= 0.6 is 0 Å². The Labute approximate surface area is 232 Å². The van der Waals surface area contributed by atoms with E-state index in [2.05, 4.69) is 72.7 Å². The summed E-state index contributed by atoms with van der Waals surface area (Å²) in [5, 5.41) is 0. The molecule has 6 heteroatoms. The Kier molecular flexibility index (Phi) is 7.76. The molecule has 204 valence electrons. The number of ether oxygens (including phenoxy) is 1. The molecule has 0 saturated carbocycles. The average molecular weight is 525 g/mol. The van der Waals surface area contributed by atoms with E-state index in [-0.39, 0.29) is 11.9 Å². The van der Waals surface area contributed by atoms with E-state index in [0.29, 0.717) is 6.54 Å². The molecule has 1 aromatic heterocycles. The van der Waals surface area contributed by atoms with Crippen molar-refractivity contribution in [2.45, 2.75) is 66.6 Å². The first-order valence-corrected chi connectivity index (χ1v) is 14.0. The molecular formula is C33H40N4O2. The lowest BCUT2D eigenvalue weighted by molar-refractivity contribution is 0.0683. The van der Waals surface area contributed by atoms with Crippen molar-refractivity contribution >= 4 is 16.9 Å². The molecular weight excluding hydrogens is 484 g/mol. The van der Waals surface area contributed by atoms with E-state index < -0.39 is 0 Å². The van der Waals surface area contributed by atoms with Crippen LogP contribution in [0.25, 0.3) is 16.7 Å². The topological polar surface area (TPSA) is 50.6 Å². The second-order valence-corrected chi connectivity index (χ2v) is 11.2. The summed E-state index contributed by atoms with van der Waals surface area (Å²) in [5.41, 5.74) is 8.25. The van der Waals surface area contributed by atoms with Crippen molar-refractivity contribution in [3.8, 4) is 11.4 Å². The average Bonchev–Trinajstić information content (AvgIpc) is 3.53. The van der Waals surface area contributed by atoms with Gasteiger partial charge in [-0.05, 0) is 114 Å². The van der Waals surface area contributed by atoms with Gasteiger partial charge in [0.05, 0.1) is 24.7 Å². The van der Waals surface area contributed by atoms with Crippen LogP contribution in [-0.2, 0) is 13.1 Å². The Hall–Kier alpha value is -3.64. The monoisotopic (exact) mass is 524 g/mol. The van der Waals surface area contributed by atoms with Gasteiger partial charge in [-0.3, -0.25) is 14.3 Å². The second-order valence-electron chi connectivity index (χ2n) is 11.2. The third-order valence-electron chi connectivity index (χ3n) is 7.81. The molecule has 0 N–H and O–H groups in total. The Balaban J connectivity index is 1.57. The molecule has 5 rings (SSSR count). The molecule has 1 fully saturated rings. The quantitative estimate of drug-likeness (QED) is 0.260. The lowest BCUT2D eigenvalue weighted by Gasteiger charge is -2.28. The Bertz CT molecular complexity index is 1460. The van der Waals surface area contributed by atoms with Crippen molar-refractivity contribution in [1.82, 2.24) is 19.4 Å². The van der Waals surface area contributed by atoms with Gasteiger partial charge in [0.15, 0.2) is 0 Å². The van der Waals surface area contributed by atoms with Crippen molar-refractivity contribution in [2.24, 2.45) is 0 Å². The highest BCUT2D eigenvalue weighted by Crippen LogP contribution is 2.28. The first-order chi connectivity index (χ1) is 18.7. The SMILES string of the molecule is COc1ccc(-n2c(CN(C(=O)c3c(C)cc(C)cc3C)C(C)C)nc3cc(CN4CCCC4)ccc32)cc1. The minimum absolute atomic E-state index is 0.00691. The summed E-state index contributed by atoms with van der Waals surface area (Å²) < 4.78 is 7.59. The van der Waals surface area contributed by atoms with Crippen molar-refractivity contribution < 1.29 is 9.53 Å². The Morgan fingerprint density at radius 2 is 1.64 bits per heavy atom. The van der Waals surface area contributed by atoms with Gasteiger partial charge in [-0.1, -0.05) is 23.8 Å². The summed E-state index contributed by atoms with van der Waals surface area (Å²) in [5.74, 6) is 1.70. The van der Waals surface area contributed by atoms with Gasteiger partial charge in [0.25, 0.3) is 5.91 Å². The molecule has 0 aliphatic carbocycles. The van der Waals surface area contributed by atoms with E-state index in [1.54, 1.807) is 7.11 Å². The summed E-state index contributed by atoms with van der Waals surface area (Å²) in [4.78, 5) is 23.6. The number of amides is 1. The molecule has 1 aliphatic rings. The molecule has 0 unspecified atom stereocenters. The number of hydrogen-bond acceptors (Lipinski definition) is 4. The summed E-state index contributed by atoms with van der Waals surface area (Å²) in [7, 11) is 1.68. The maximum Gasteiger partial charge on any atom is 0.255 e. The largest absolute Gasteiger partial charge is 0.497 e. The fourth-order valence-electron chi connectivity index (χ4n) is 5.90. The van der Waals surface area contributed by atoms with E-state index in [0.717, 1.165) is 64.6 Å². The van der Waals surface area contributed by atoms with Crippen LogP contribution in [0.15, 0.2) is 54.6 Å². The van der Waals surface area contributed by atoms with Crippen LogP contribution in [0.3, 0.4) is 0 Å². The lowest BCUT2D eigenvalue weighted by atomic mass is 9.98. The number of aromatic nitrogens is 2. The number of hydrogen-bond donors (Lipinski definition) is 0. The predicted octanol–water partition coefficient (Wildman–Crippen LogP) is 6.61. The number of imidazole rings is 1. The molecule has 1 saturated heterocycles. The maximum atomic E-state index is 14.0. The van der Waals surface area contributed by atoms with Crippen molar-refractivity contribution in [2.75, 3.05) is 20.2 Å². The number of likely N-dealkylation sites (tertiary alicyclic amines) is 1. The van der Waals surface area contributed by atoms with Gasteiger partial charge in [0, 0.05) is 23.8 Å². The van der Waals surface area contributed by atoms with Crippen LogP contribution in [0.2, 0.25) is 0 Å². The molecule has 0 atom stereocenters. The smallest absolute Gasteiger partial charge is 0.255 e. The van der Waals surface area contributed by atoms with E-state index in [9.17, 15) is 4.79 Å². The number of benzene rings is 3. The van der Waals surface area contributed by atoms with Crippen molar-refractivity contribution in [3.63, 3.8) is 0 Å². The zero-order chi connectivity index (χ0) is 27.7. The van der Waals surface area contributed by atoms with Crippen LogP contribution in [0.1, 0.15) is 65.1 Å². The molecule has 1 aliphatic heterocycles. The predicted molar refractivity (Wildman–Crippen MR) is 158 cm³/mol. The number of methoxy groups -OCH3 is 1. The maximum absolute atomic E-state index is 14.0. The number of carbonyl (C=O) groups is 1. The van der Waals surface area contributed by atoms with Gasteiger partial charge in [-0.25, -0.2) is 4.98 Å². The van der Waals surface area contributed by atoms with Gasteiger partial charge < -0.3 is 9.64 Å². The van der Waals surface area contributed by atoms with Crippen LogP contribution in [0.4, 0.5) is 0 Å². The molecule has 4 aromatic rings. The lowest BCUT2D eigenvalue weighted by Crippen LogP contribution is -2.38. The van der Waals surface area contributed by atoms with Crippen molar-refractivity contribution in [3.05, 3.63) is 88.2 Å². The summed E-state index contributed by atoms with van der Waals surface area (Å²) >= 11 is 0. The number of aryl methyl sites for hydroxylation is 3. The van der Waals surface area contributed by atoms with Crippen LogP contribution in [0.5, 0.6) is 5.75 Å². The number of nitrogens with zero attached hydrogens (tertiary/aromatic N) is 4. The Morgan fingerprint density at radius 3 is 2.26 bits per heavy atom. The summed E-state index contributed by atoms with van der Waals surface area (Å²) in [6, 6.07) is 18.8. The Morgan fingerprint density at radius 1 is 0.974 bits per heavy atom. The van der Waals surface area contributed by atoms with E-state index >= 15 is 0 Å². The first-order valence-electron chi connectivity index (χ1n) is 14.0. The molecule has 0 bridgehead atoms. The van der Waals surface area contributed by atoms with Crippen LogP contribution in [0, 0.1) is 20.8 Å². The highest BCUT2D eigenvalue weighted by molar-refractivity contribution is 5.97. The normalized spacial score (nSPS) is 13.9. The van der Waals surface area contributed by atoms with E-state index in [1.165, 1.54) is 24.0 Å². The highest BCUT2D eigenvalue weighted by atomic mass is 16.5. The van der Waals surface area contributed by atoms with Gasteiger partial charge in [-0.15, -0.1) is 0 Å². The van der Waals surface area contributed by atoms with Gasteiger partial charge in [-0.2, -0.15) is 0 Å². The van der Waals surface area contributed by atoms with Gasteiger partial charge >= 0.3 is 0 Å². The van der Waals surface area contributed by atoms with Gasteiger partial charge in [0.1, 0.15) is 11.6 Å². The molecule has 0 spiro atoms. The fourth-order valence-corrected chi connectivity index (χ4v) is 5.90. The molecule has 3 aromatic carbocycles. The molecule has 1 amide bonds. The molecule has 39 heavy (non-hydrogen) atoms. The molecule has 2 heterocycles. The van der Waals surface area contributed by atoms with E-state index in [1.807, 2.05) is 30.9 Å². The first kappa shape index (κ1) is 26.9. The minimum atomic E-state index is 0.00691. The highest BCUT2D eigenvalue weighted by Gasteiger charge is 2.25. The fraction of sp³-hybridized carbons (Fsp3) is 0.394. The van der Waals surface area contributed by atoms with Crippen molar-refractivity contribution in [1.29, 1.82) is 0 Å². The standard InChI is InChI=1S/C33H40N4O2/c1-22(2)36(33(38)32-24(4)17-23(3)18-25(32)5)21-31-34-29-19-26(20-35-15-7-8-16-35)9-14-30(29)37(31)27-10-12-28(39-6)13-11-27/h9-14,17-19,22H,7-8,15-16,20-21H2,1-6H3. The second kappa shape index (κ2) is 11.2. The summed E-state index contributed by atoms with van der Waals surface area (Å²) in [6.07, 6.45) is 2.55. The third-order valence-corrected chi connectivity index (χ3v) is 7.81. The number of carbonyl (C=O) groups excluding carboxylic acids is 1. The number of rotatable bonds is 8. The van der Waals surface area contributed by atoms with Gasteiger partial charge in [0.2, 0.25) is 0 Å². The molecule has 6 nitrogen and oxygen atoms in total. The zero-order valence-corrected chi connectivity index (χ0v) is 24.1. The molecule has 0 radical (unpaired) electrons. The van der Waals surface area contributed by atoms with E-state index in [4.69, 9.17) is 9.72 Å². The minimum Gasteiger partial charge on any atom is -0.497 e. The zero-order valence-electron chi connectivity index (χ0n) is 24.1. The van der Waals surface area contributed by atoms with Crippen LogP contribution in [-0.4, -0.2) is 51.5 Å². The van der Waals surface area contributed by atoms with Crippen LogP contribution < -0.4 is 4.74 Å². The third kappa shape index (κ3) is 5.57.